The fourth-order valence-corrected chi connectivity index (χ4v) is 5.83. The summed E-state index contributed by atoms with van der Waals surface area (Å²) in [6.45, 7) is 9.98. The van der Waals surface area contributed by atoms with Gasteiger partial charge in [0.05, 0.1) is 4.90 Å². The molecule has 0 fully saturated rings. The highest BCUT2D eigenvalue weighted by Crippen LogP contribution is 2.24. The smallest absolute Gasteiger partial charge is 0.294 e. The van der Waals surface area contributed by atoms with E-state index >= 15 is 0 Å². The van der Waals surface area contributed by atoms with Gasteiger partial charge in [0.25, 0.3) is 0 Å². The van der Waals surface area contributed by atoms with Crippen molar-refractivity contribution in [2.75, 3.05) is 11.5 Å². The summed E-state index contributed by atoms with van der Waals surface area (Å²) in [4.78, 5) is 12.2. The molecule has 0 aliphatic heterocycles. The molecule has 0 heterocycles. The monoisotopic (exact) mass is 373 g/mol. The number of hydrogen-bond acceptors (Lipinski definition) is 4. The second-order valence-electron chi connectivity index (χ2n) is 7.27. The van der Waals surface area contributed by atoms with E-state index in [-0.39, 0.29) is 21.8 Å². The predicted molar refractivity (Wildman–Crippen MR) is 101 cm³/mol. The lowest BCUT2D eigenvalue weighted by Gasteiger charge is -2.17. The highest BCUT2D eigenvalue weighted by atomic mass is 32.3. The molecule has 0 N–H and O–H groups in total. The Hall–Kier alpha value is -0.850. The molecule has 24 heavy (non-hydrogen) atoms. The van der Waals surface area contributed by atoms with Crippen LogP contribution in [-0.2, 0) is 29.7 Å². The SMILES string of the molecule is CCCCC(=O)C[S+](CC(C)(C)C)OS(=O)(=O)c1ccc(C)cc1. The van der Waals surface area contributed by atoms with Gasteiger partial charge in [-0.15, -0.1) is 0 Å². The van der Waals surface area contributed by atoms with Crippen LogP contribution in [0, 0.1) is 12.3 Å². The number of ketones is 1. The van der Waals surface area contributed by atoms with Crippen molar-refractivity contribution in [2.24, 2.45) is 5.41 Å². The van der Waals surface area contributed by atoms with Crippen LogP contribution < -0.4 is 0 Å². The Morgan fingerprint density at radius 1 is 1.17 bits per heavy atom. The van der Waals surface area contributed by atoms with Crippen LogP contribution in [-0.4, -0.2) is 25.7 Å². The van der Waals surface area contributed by atoms with Crippen LogP contribution in [0.1, 0.15) is 52.5 Å². The van der Waals surface area contributed by atoms with E-state index in [9.17, 15) is 13.2 Å². The summed E-state index contributed by atoms with van der Waals surface area (Å²) in [5.74, 6) is 0.779. The zero-order valence-corrected chi connectivity index (χ0v) is 16.9. The average molecular weight is 374 g/mol. The molecule has 0 saturated carbocycles. The minimum atomic E-state index is -3.85. The third-order valence-electron chi connectivity index (χ3n) is 3.22. The number of unbranched alkanes of at least 4 members (excludes halogenated alkanes) is 1. The molecular weight excluding hydrogens is 344 g/mol. The summed E-state index contributed by atoms with van der Waals surface area (Å²) in [6, 6.07) is 6.57. The second-order valence-corrected chi connectivity index (χ2v) is 10.6. The highest BCUT2D eigenvalue weighted by molar-refractivity contribution is 8.03. The fraction of sp³-hybridized carbons (Fsp3) is 0.611. The molecule has 1 aromatic rings. The normalized spacial score (nSPS) is 13.7. The van der Waals surface area contributed by atoms with E-state index in [0.717, 1.165) is 18.4 Å². The lowest BCUT2D eigenvalue weighted by Crippen LogP contribution is -2.30. The molecule has 0 amide bonds. The second kappa shape index (κ2) is 9.02. The first kappa shape index (κ1) is 21.2. The standard InChI is InChI=1S/C18H29O4S2/c1-6-7-8-16(19)13-23(14-18(3,4)5)22-24(20,21)17-11-9-15(2)10-12-17/h9-12H,6-8,13-14H2,1-5H3/q+1. The van der Waals surface area contributed by atoms with Gasteiger partial charge in [-0.05, 0) is 29.1 Å². The van der Waals surface area contributed by atoms with Gasteiger partial charge in [0.2, 0.25) is 5.75 Å². The van der Waals surface area contributed by atoms with Gasteiger partial charge in [0, 0.05) is 11.8 Å². The summed E-state index contributed by atoms with van der Waals surface area (Å²) in [5.41, 5.74) is 0.870. The van der Waals surface area contributed by atoms with Gasteiger partial charge in [0.1, 0.15) is 5.75 Å². The summed E-state index contributed by atoms with van der Waals surface area (Å²) in [5, 5.41) is 0. The largest absolute Gasteiger partial charge is 0.339 e. The predicted octanol–water partition coefficient (Wildman–Crippen LogP) is 4.04. The molecule has 0 bridgehead atoms. The average Bonchev–Trinajstić information content (AvgIpc) is 2.43. The minimum Gasteiger partial charge on any atom is -0.294 e. The number of carbonyl (C=O) groups is 1. The molecule has 0 spiro atoms. The molecule has 4 nitrogen and oxygen atoms in total. The van der Waals surface area contributed by atoms with Crippen LogP contribution in [0.25, 0.3) is 0 Å². The lowest BCUT2D eigenvalue weighted by molar-refractivity contribution is -0.116. The number of benzene rings is 1. The van der Waals surface area contributed by atoms with E-state index in [0.29, 0.717) is 12.2 Å². The van der Waals surface area contributed by atoms with Gasteiger partial charge in [-0.2, -0.15) is 8.42 Å². The quantitative estimate of drug-likeness (QED) is 0.613. The van der Waals surface area contributed by atoms with Crippen LogP contribution in [0.4, 0.5) is 0 Å². The van der Waals surface area contributed by atoms with Crippen molar-refractivity contribution in [1.29, 1.82) is 0 Å². The maximum absolute atomic E-state index is 12.5. The van der Waals surface area contributed by atoms with Gasteiger partial charge < -0.3 is 0 Å². The van der Waals surface area contributed by atoms with Gasteiger partial charge in [-0.25, -0.2) is 0 Å². The van der Waals surface area contributed by atoms with Crippen molar-refractivity contribution in [3.63, 3.8) is 0 Å². The van der Waals surface area contributed by atoms with Gasteiger partial charge in [-0.1, -0.05) is 51.8 Å². The molecule has 136 valence electrons. The zero-order chi connectivity index (χ0) is 18.4. The summed E-state index contributed by atoms with van der Waals surface area (Å²) >= 11 is -0.940. The van der Waals surface area contributed by atoms with Crippen LogP contribution in [0.15, 0.2) is 29.2 Å². The number of Topliss-reactive ketones (excluding diaryl/α,β-unsaturated/α-hetero) is 1. The van der Waals surface area contributed by atoms with Crippen LogP contribution in [0.2, 0.25) is 0 Å². The first-order valence-corrected chi connectivity index (χ1v) is 11.1. The number of hydrogen-bond donors (Lipinski definition) is 0. The van der Waals surface area contributed by atoms with E-state index in [4.69, 9.17) is 3.63 Å². The molecule has 0 saturated heterocycles. The Kier molecular flexibility index (Phi) is 7.96. The van der Waals surface area contributed by atoms with Crippen molar-refractivity contribution in [2.45, 2.75) is 58.8 Å². The van der Waals surface area contributed by atoms with Crippen molar-refractivity contribution >= 4 is 27.1 Å². The summed E-state index contributed by atoms with van der Waals surface area (Å²) < 4.78 is 30.5. The number of aryl methyl sites for hydroxylation is 1. The maximum Gasteiger partial charge on any atom is 0.339 e. The van der Waals surface area contributed by atoms with Crippen molar-refractivity contribution in [3.8, 4) is 0 Å². The molecule has 1 rings (SSSR count). The molecule has 6 heteroatoms. The third kappa shape index (κ3) is 7.81. The maximum atomic E-state index is 12.5. The van der Waals surface area contributed by atoms with E-state index in [1.165, 1.54) is 0 Å². The van der Waals surface area contributed by atoms with Gasteiger partial charge in [0.15, 0.2) is 17.0 Å². The van der Waals surface area contributed by atoms with Crippen LogP contribution in [0.3, 0.4) is 0 Å². The number of rotatable bonds is 9. The van der Waals surface area contributed by atoms with Gasteiger partial charge >= 0.3 is 10.1 Å². The van der Waals surface area contributed by atoms with E-state index in [1.807, 2.05) is 34.6 Å². The van der Waals surface area contributed by atoms with Crippen molar-refractivity contribution in [3.05, 3.63) is 29.8 Å². The first-order chi connectivity index (χ1) is 11.0. The Morgan fingerprint density at radius 3 is 2.25 bits per heavy atom. The zero-order valence-electron chi connectivity index (χ0n) is 15.3. The molecule has 1 aromatic carbocycles. The molecule has 1 unspecified atom stereocenters. The molecule has 0 aliphatic carbocycles. The Morgan fingerprint density at radius 2 is 1.75 bits per heavy atom. The first-order valence-electron chi connectivity index (χ1n) is 8.24. The topological polar surface area (TPSA) is 60.4 Å². The molecule has 0 radical (unpaired) electrons. The van der Waals surface area contributed by atoms with E-state index in [2.05, 4.69) is 0 Å². The number of carbonyl (C=O) groups excluding carboxylic acids is 1. The summed E-state index contributed by atoms with van der Waals surface area (Å²) in [6.07, 6.45) is 2.26. The summed E-state index contributed by atoms with van der Waals surface area (Å²) in [7, 11) is -3.85. The van der Waals surface area contributed by atoms with E-state index < -0.39 is 21.3 Å². The minimum absolute atomic E-state index is 0.0727. The van der Waals surface area contributed by atoms with Gasteiger partial charge in [-0.3, -0.25) is 4.79 Å². The Labute approximate surface area is 149 Å². The Balaban J connectivity index is 2.90. The van der Waals surface area contributed by atoms with Crippen LogP contribution in [0.5, 0.6) is 0 Å². The van der Waals surface area contributed by atoms with Crippen molar-refractivity contribution in [1.82, 2.24) is 0 Å². The Bertz CT molecular complexity index is 628. The lowest BCUT2D eigenvalue weighted by atomic mass is 10.0. The van der Waals surface area contributed by atoms with Crippen molar-refractivity contribution < 1.29 is 16.8 Å². The molecule has 1 atom stereocenters. The third-order valence-corrected chi connectivity index (χ3v) is 7.39. The van der Waals surface area contributed by atoms with Crippen LogP contribution >= 0.6 is 0 Å². The molecular formula is C18H29O4S2+. The highest BCUT2D eigenvalue weighted by Gasteiger charge is 2.37. The molecule has 0 aliphatic rings. The fourth-order valence-electron chi connectivity index (χ4n) is 2.08. The molecule has 0 aromatic heterocycles. The van der Waals surface area contributed by atoms with E-state index in [1.54, 1.807) is 24.3 Å².